The van der Waals surface area contributed by atoms with E-state index in [-0.39, 0.29) is 18.4 Å². The predicted molar refractivity (Wildman–Crippen MR) is 106 cm³/mol. The van der Waals surface area contributed by atoms with Crippen LogP contribution in [0.25, 0.3) is 11.0 Å². The lowest BCUT2D eigenvalue weighted by Gasteiger charge is -2.21. The number of amides is 2. The number of carbonyl (C=O) groups is 2. The lowest BCUT2D eigenvalue weighted by atomic mass is 10.1. The minimum Gasteiger partial charge on any atom is -0.495 e. The molecule has 0 aliphatic heterocycles. The fourth-order valence-electron chi connectivity index (χ4n) is 2.96. The Kier molecular flexibility index (Phi) is 5.88. The number of aromatic nitrogens is 3. The van der Waals surface area contributed by atoms with Crippen molar-refractivity contribution >= 4 is 28.5 Å². The monoisotopic (exact) mass is 381 g/mol. The van der Waals surface area contributed by atoms with Crippen LogP contribution < -0.4 is 10.1 Å². The molecule has 2 aromatic carbocycles. The summed E-state index contributed by atoms with van der Waals surface area (Å²) in [5.74, 6) is 0.0398. The van der Waals surface area contributed by atoms with Gasteiger partial charge in [0.25, 0.3) is 5.91 Å². The highest BCUT2D eigenvalue weighted by molar-refractivity contribution is 6.01. The first-order chi connectivity index (χ1) is 13.6. The largest absolute Gasteiger partial charge is 0.495 e. The second-order valence-corrected chi connectivity index (χ2v) is 6.18. The zero-order valence-corrected chi connectivity index (χ0v) is 16.2. The van der Waals surface area contributed by atoms with Gasteiger partial charge in [-0.15, -0.1) is 5.10 Å². The molecule has 3 rings (SSSR count). The molecule has 28 heavy (non-hydrogen) atoms. The summed E-state index contributed by atoms with van der Waals surface area (Å²) in [7, 11) is 1.54. The lowest BCUT2D eigenvalue weighted by molar-refractivity contribution is -0.116. The number of benzene rings is 2. The third kappa shape index (κ3) is 3.95. The van der Waals surface area contributed by atoms with Crippen LogP contribution in [0.1, 0.15) is 24.2 Å². The molecule has 1 N–H and O–H groups in total. The van der Waals surface area contributed by atoms with Gasteiger partial charge in [0.05, 0.1) is 18.3 Å². The number of ether oxygens (including phenoxy) is 1. The fourth-order valence-corrected chi connectivity index (χ4v) is 2.96. The summed E-state index contributed by atoms with van der Waals surface area (Å²) in [6.07, 6.45) is 0. The Morgan fingerprint density at radius 2 is 1.96 bits per heavy atom. The molecule has 0 atom stereocenters. The van der Waals surface area contributed by atoms with Gasteiger partial charge in [0.2, 0.25) is 5.91 Å². The third-order valence-electron chi connectivity index (χ3n) is 4.44. The number of likely N-dealkylation sites (N-methyl/N-ethyl adjacent to an activating group) is 1. The van der Waals surface area contributed by atoms with E-state index >= 15 is 0 Å². The van der Waals surface area contributed by atoms with Gasteiger partial charge in [-0.25, -0.2) is 4.68 Å². The van der Waals surface area contributed by atoms with E-state index in [2.05, 4.69) is 15.6 Å². The first kappa shape index (κ1) is 19.3. The van der Waals surface area contributed by atoms with Gasteiger partial charge < -0.3 is 15.0 Å². The minimum atomic E-state index is -0.294. The average Bonchev–Trinajstić information content (AvgIpc) is 3.14. The Balaban J connectivity index is 1.73. The van der Waals surface area contributed by atoms with Gasteiger partial charge in [-0.3, -0.25) is 9.59 Å². The van der Waals surface area contributed by atoms with Crippen LogP contribution in [-0.4, -0.2) is 51.9 Å². The second-order valence-electron chi connectivity index (χ2n) is 6.18. The number of fused-ring (bicyclic) bond motifs is 1. The van der Waals surface area contributed by atoms with Crippen LogP contribution in [0.5, 0.6) is 5.75 Å². The molecule has 2 amide bonds. The number of methoxy groups -OCH3 is 1. The molecular weight excluding hydrogens is 358 g/mol. The summed E-state index contributed by atoms with van der Waals surface area (Å²) in [5.41, 5.74) is 2.57. The predicted octanol–water partition coefficient (Wildman–Crippen LogP) is 2.56. The summed E-state index contributed by atoms with van der Waals surface area (Å²) >= 11 is 0. The number of hydrogen-bond acceptors (Lipinski definition) is 5. The molecule has 0 radical (unpaired) electrons. The van der Waals surface area contributed by atoms with Crippen LogP contribution in [0, 0.1) is 0 Å². The van der Waals surface area contributed by atoms with E-state index in [1.807, 2.05) is 26.0 Å². The first-order valence-electron chi connectivity index (χ1n) is 9.12. The van der Waals surface area contributed by atoms with Crippen LogP contribution in [0.3, 0.4) is 0 Å². The van der Waals surface area contributed by atoms with E-state index in [9.17, 15) is 9.59 Å². The normalized spacial score (nSPS) is 10.7. The molecule has 8 heteroatoms. The van der Waals surface area contributed by atoms with E-state index in [0.717, 1.165) is 5.52 Å². The van der Waals surface area contributed by atoms with Crippen molar-refractivity contribution in [3.05, 3.63) is 48.0 Å². The highest BCUT2D eigenvalue weighted by Crippen LogP contribution is 2.23. The standard InChI is InChI=1S/C20H23N5O3/c1-4-24(13-19(26)21-15-8-6-7-9-18(15)28-3)20(27)14-10-11-17-16(12-14)22-23-25(17)5-2/h6-12H,4-5,13H2,1-3H3,(H,21,26). The van der Waals surface area contributed by atoms with E-state index in [1.165, 1.54) is 12.0 Å². The zero-order valence-electron chi connectivity index (χ0n) is 16.2. The molecule has 0 unspecified atom stereocenters. The van der Waals surface area contributed by atoms with Gasteiger partial charge in [0.1, 0.15) is 17.8 Å². The van der Waals surface area contributed by atoms with Crippen molar-refractivity contribution in [2.24, 2.45) is 0 Å². The second kappa shape index (κ2) is 8.51. The number of para-hydroxylation sites is 2. The van der Waals surface area contributed by atoms with E-state index in [0.29, 0.717) is 35.6 Å². The molecule has 1 aromatic heterocycles. The van der Waals surface area contributed by atoms with Crippen molar-refractivity contribution < 1.29 is 14.3 Å². The van der Waals surface area contributed by atoms with Gasteiger partial charge in [0.15, 0.2) is 0 Å². The zero-order chi connectivity index (χ0) is 20.1. The van der Waals surface area contributed by atoms with Crippen molar-refractivity contribution in [1.82, 2.24) is 19.9 Å². The highest BCUT2D eigenvalue weighted by Gasteiger charge is 2.19. The molecular formula is C20H23N5O3. The number of nitrogens with zero attached hydrogens (tertiary/aromatic N) is 4. The molecule has 3 aromatic rings. The SMILES string of the molecule is CCN(CC(=O)Nc1ccccc1OC)C(=O)c1ccc2c(c1)nnn2CC. The lowest BCUT2D eigenvalue weighted by Crippen LogP contribution is -2.37. The Morgan fingerprint density at radius 3 is 2.68 bits per heavy atom. The van der Waals surface area contributed by atoms with Crippen LogP contribution in [-0.2, 0) is 11.3 Å². The maximum Gasteiger partial charge on any atom is 0.254 e. The number of carbonyl (C=O) groups excluding carboxylic acids is 2. The minimum absolute atomic E-state index is 0.0624. The number of rotatable bonds is 7. The number of anilines is 1. The van der Waals surface area contributed by atoms with Crippen LogP contribution in [0.2, 0.25) is 0 Å². The quantitative estimate of drug-likeness (QED) is 0.679. The van der Waals surface area contributed by atoms with Gasteiger partial charge >= 0.3 is 0 Å². The van der Waals surface area contributed by atoms with Gasteiger partial charge in [-0.2, -0.15) is 0 Å². The summed E-state index contributed by atoms with van der Waals surface area (Å²) in [5, 5.41) is 10.9. The molecule has 0 saturated heterocycles. The number of nitrogens with one attached hydrogen (secondary N) is 1. The van der Waals surface area contributed by atoms with Crippen LogP contribution in [0.4, 0.5) is 5.69 Å². The van der Waals surface area contributed by atoms with Crippen molar-refractivity contribution in [2.75, 3.05) is 25.5 Å². The summed E-state index contributed by atoms with van der Waals surface area (Å²) < 4.78 is 7.00. The highest BCUT2D eigenvalue weighted by atomic mass is 16.5. The van der Waals surface area contributed by atoms with Gasteiger partial charge in [-0.05, 0) is 44.2 Å². The Hall–Kier alpha value is -3.42. The maximum absolute atomic E-state index is 12.9. The van der Waals surface area contributed by atoms with Crippen LogP contribution in [0.15, 0.2) is 42.5 Å². The number of aryl methyl sites for hydroxylation is 1. The molecule has 146 valence electrons. The Labute approximate surface area is 163 Å². The van der Waals surface area contributed by atoms with Crippen molar-refractivity contribution in [1.29, 1.82) is 0 Å². The van der Waals surface area contributed by atoms with Crippen LogP contribution >= 0.6 is 0 Å². The van der Waals surface area contributed by atoms with Gasteiger partial charge in [0, 0.05) is 18.7 Å². The summed E-state index contributed by atoms with van der Waals surface area (Å²) in [4.78, 5) is 26.8. The molecule has 0 bridgehead atoms. The Bertz CT molecular complexity index is 998. The number of hydrogen-bond donors (Lipinski definition) is 1. The summed E-state index contributed by atoms with van der Waals surface area (Å²) in [6, 6.07) is 12.4. The molecule has 0 spiro atoms. The average molecular weight is 381 g/mol. The molecule has 0 fully saturated rings. The summed E-state index contributed by atoms with van der Waals surface area (Å²) in [6.45, 7) is 4.85. The topological polar surface area (TPSA) is 89.3 Å². The van der Waals surface area contributed by atoms with Crippen molar-refractivity contribution in [3.63, 3.8) is 0 Å². The van der Waals surface area contributed by atoms with Crippen molar-refractivity contribution in [3.8, 4) is 5.75 Å². The molecule has 1 heterocycles. The van der Waals surface area contributed by atoms with E-state index < -0.39 is 0 Å². The van der Waals surface area contributed by atoms with Crippen molar-refractivity contribution in [2.45, 2.75) is 20.4 Å². The van der Waals surface area contributed by atoms with E-state index in [1.54, 1.807) is 35.0 Å². The maximum atomic E-state index is 12.9. The molecule has 0 aliphatic carbocycles. The van der Waals surface area contributed by atoms with E-state index in [4.69, 9.17) is 4.74 Å². The molecule has 0 saturated carbocycles. The first-order valence-corrected chi connectivity index (χ1v) is 9.12. The molecule has 0 aliphatic rings. The third-order valence-corrected chi connectivity index (χ3v) is 4.44. The smallest absolute Gasteiger partial charge is 0.254 e. The van der Waals surface area contributed by atoms with Gasteiger partial charge in [-0.1, -0.05) is 17.3 Å². The fraction of sp³-hybridized carbons (Fsp3) is 0.300. The Morgan fingerprint density at radius 1 is 1.18 bits per heavy atom. The molecule has 8 nitrogen and oxygen atoms in total.